The van der Waals surface area contributed by atoms with E-state index in [1.165, 1.54) is 0 Å². The summed E-state index contributed by atoms with van der Waals surface area (Å²) in [6.45, 7) is 7.01. The summed E-state index contributed by atoms with van der Waals surface area (Å²) in [6.07, 6.45) is 11.1. The van der Waals surface area contributed by atoms with Gasteiger partial charge in [0.25, 0.3) is 0 Å². The number of aliphatic hydroxyl groups excluding tert-OH is 1. The normalized spacial score (nSPS) is 14.3. The van der Waals surface area contributed by atoms with E-state index in [1.807, 2.05) is 17.9 Å². The van der Waals surface area contributed by atoms with Gasteiger partial charge >= 0.3 is 0 Å². The fourth-order valence-electron chi connectivity index (χ4n) is 3.24. The molecule has 1 aliphatic rings. The number of ether oxygens (including phenoxy) is 1. The second-order valence-corrected chi connectivity index (χ2v) is 7.23. The Morgan fingerprint density at radius 3 is 2.78 bits per heavy atom. The van der Waals surface area contributed by atoms with Gasteiger partial charge in [-0.1, -0.05) is 32.8 Å². The minimum atomic E-state index is -0.0407. The molecule has 1 fully saturated rings. The summed E-state index contributed by atoms with van der Waals surface area (Å²) in [5, 5.41) is 8.98. The van der Waals surface area contributed by atoms with Gasteiger partial charge in [0.2, 0.25) is 11.8 Å². The van der Waals surface area contributed by atoms with Crippen molar-refractivity contribution in [2.75, 3.05) is 13.2 Å². The SMILES string of the molecule is CC/C=C(/CCCCC)C(=O)N(Cc1ccnc(OCCO)c1C)C1CC1. The molecular weight excluding hydrogens is 340 g/mol. The second kappa shape index (κ2) is 11.1. The lowest BCUT2D eigenvalue weighted by Crippen LogP contribution is -2.34. The first-order chi connectivity index (χ1) is 13.1. The first-order valence-electron chi connectivity index (χ1n) is 10.3. The van der Waals surface area contributed by atoms with E-state index in [-0.39, 0.29) is 19.1 Å². The summed E-state index contributed by atoms with van der Waals surface area (Å²) < 4.78 is 5.52. The predicted molar refractivity (Wildman–Crippen MR) is 108 cm³/mol. The first-order valence-corrected chi connectivity index (χ1v) is 10.3. The van der Waals surface area contributed by atoms with Crippen LogP contribution in [-0.4, -0.2) is 40.2 Å². The summed E-state index contributed by atoms with van der Waals surface area (Å²) in [5.74, 6) is 0.724. The Hall–Kier alpha value is -1.88. The summed E-state index contributed by atoms with van der Waals surface area (Å²) in [7, 11) is 0. The average Bonchev–Trinajstić information content (AvgIpc) is 3.50. The summed E-state index contributed by atoms with van der Waals surface area (Å²) in [5.41, 5.74) is 2.96. The van der Waals surface area contributed by atoms with E-state index in [0.29, 0.717) is 18.5 Å². The van der Waals surface area contributed by atoms with Gasteiger partial charge in [0, 0.05) is 29.9 Å². The van der Waals surface area contributed by atoms with E-state index in [9.17, 15) is 4.79 Å². The number of hydrogen-bond donors (Lipinski definition) is 1. The van der Waals surface area contributed by atoms with Crippen LogP contribution in [0.25, 0.3) is 0 Å². The Morgan fingerprint density at radius 1 is 1.37 bits per heavy atom. The van der Waals surface area contributed by atoms with Crippen LogP contribution in [0.3, 0.4) is 0 Å². The number of carbonyl (C=O) groups excluding carboxylic acids is 1. The monoisotopic (exact) mass is 374 g/mol. The van der Waals surface area contributed by atoms with Gasteiger partial charge in [-0.3, -0.25) is 4.79 Å². The maximum atomic E-state index is 13.3. The van der Waals surface area contributed by atoms with E-state index in [2.05, 4.69) is 24.9 Å². The number of aliphatic hydroxyl groups is 1. The molecule has 1 amide bonds. The maximum absolute atomic E-state index is 13.3. The highest BCUT2D eigenvalue weighted by Crippen LogP contribution is 2.32. The second-order valence-electron chi connectivity index (χ2n) is 7.23. The van der Waals surface area contributed by atoms with Crippen molar-refractivity contribution >= 4 is 5.91 Å². The maximum Gasteiger partial charge on any atom is 0.250 e. The third kappa shape index (κ3) is 6.35. The number of carbonyl (C=O) groups is 1. The lowest BCUT2D eigenvalue weighted by atomic mass is 10.0. The molecule has 0 aliphatic heterocycles. The van der Waals surface area contributed by atoms with E-state index in [4.69, 9.17) is 9.84 Å². The molecule has 1 aromatic heterocycles. The van der Waals surface area contributed by atoms with Gasteiger partial charge in [-0.15, -0.1) is 0 Å². The highest BCUT2D eigenvalue weighted by molar-refractivity contribution is 5.93. The Labute approximate surface area is 163 Å². The van der Waals surface area contributed by atoms with Crippen LogP contribution >= 0.6 is 0 Å². The van der Waals surface area contributed by atoms with Crippen molar-refractivity contribution in [3.05, 3.63) is 35.0 Å². The predicted octanol–water partition coefficient (Wildman–Crippen LogP) is 4.17. The minimum Gasteiger partial charge on any atom is -0.475 e. The summed E-state index contributed by atoms with van der Waals surface area (Å²) in [4.78, 5) is 19.5. The fourth-order valence-corrected chi connectivity index (χ4v) is 3.24. The van der Waals surface area contributed by atoms with Gasteiger partial charge in [-0.25, -0.2) is 4.98 Å². The quantitative estimate of drug-likeness (QED) is 0.441. The molecule has 0 aromatic carbocycles. The van der Waals surface area contributed by atoms with Gasteiger partial charge in [-0.2, -0.15) is 0 Å². The summed E-state index contributed by atoms with van der Waals surface area (Å²) in [6, 6.07) is 2.31. The topological polar surface area (TPSA) is 62.7 Å². The number of hydrogen-bond acceptors (Lipinski definition) is 4. The number of unbranched alkanes of at least 4 members (excludes halogenated alkanes) is 2. The molecule has 5 heteroatoms. The third-order valence-electron chi connectivity index (χ3n) is 4.96. The molecule has 0 atom stereocenters. The van der Waals surface area contributed by atoms with Crippen LogP contribution in [0.15, 0.2) is 23.9 Å². The molecule has 0 bridgehead atoms. The number of pyridine rings is 1. The van der Waals surface area contributed by atoms with Crippen LogP contribution in [0.2, 0.25) is 0 Å². The standard InChI is InChI=1S/C22H34N2O3/c1-4-6-7-9-18(8-5-2)22(26)24(20-10-11-20)16-19-12-13-23-21(17(19)3)27-15-14-25/h8,12-13,20,25H,4-7,9-11,14-16H2,1-3H3/b18-8-. The first kappa shape index (κ1) is 21.4. The van der Waals surface area contributed by atoms with E-state index < -0.39 is 0 Å². The molecule has 1 heterocycles. The van der Waals surface area contributed by atoms with Gasteiger partial charge in [0.1, 0.15) is 6.61 Å². The number of rotatable bonds is 12. The highest BCUT2D eigenvalue weighted by atomic mass is 16.5. The smallest absolute Gasteiger partial charge is 0.250 e. The molecule has 0 saturated heterocycles. The van der Waals surface area contributed by atoms with Crippen LogP contribution in [0.5, 0.6) is 5.88 Å². The molecule has 150 valence electrons. The van der Waals surface area contributed by atoms with Crippen molar-refractivity contribution in [3.63, 3.8) is 0 Å². The van der Waals surface area contributed by atoms with Crippen molar-refractivity contribution < 1.29 is 14.6 Å². The molecule has 0 unspecified atom stereocenters. The zero-order valence-electron chi connectivity index (χ0n) is 17.0. The van der Waals surface area contributed by atoms with Crippen LogP contribution in [0.1, 0.15) is 69.9 Å². The fraction of sp³-hybridized carbons (Fsp3) is 0.636. The lowest BCUT2D eigenvalue weighted by Gasteiger charge is -2.25. The van der Waals surface area contributed by atoms with Crippen molar-refractivity contribution in [3.8, 4) is 5.88 Å². The molecule has 0 radical (unpaired) electrons. The van der Waals surface area contributed by atoms with Crippen LogP contribution in [0, 0.1) is 6.92 Å². The largest absolute Gasteiger partial charge is 0.475 e. The van der Waals surface area contributed by atoms with Gasteiger partial charge in [-0.05, 0) is 50.7 Å². The van der Waals surface area contributed by atoms with E-state index in [0.717, 1.165) is 61.6 Å². The number of allylic oxidation sites excluding steroid dienone is 1. The molecule has 2 rings (SSSR count). The van der Waals surface area contributed by atoms with Crippen molar-refractivity contribution in [2.45, 2.75) is 78.3 Å². The minimum absolute atomic E-state index is 0.0407. The Kier molecular flexibility index (Phi) is 8.79. The molecule has 1 saturated carbocycles. The number of aromatic nitrogens is 1. The molecule has 1 N–H and O–H groups in total. The molecular formula is C22H34N2O3. The van der Waals surface area contributed by atoms with Gasteiger partial charge < -0.3 is 14.7 Å². The Balaban J connectivity index is 2.15. The van der Waals surface area contributed by atoms with Crippen LogP contribution in [-0.2, 0) is 11.3 Å². The average molecular weight is 375 g/mol. The van der Waals surface area contributed by atoms with Crippen LogP contribution < -0.4 is 4.74 Å². The zero-order valence-corrected chi connectivity index (χ0v) is 17.0. The van der Waals surface area contributed by atoms with Crippen LogP contribution in [0.4, 0.5) is 0 Å². The molecule has 1 aromatic rings. The van der Waals surface area contributed by atoms with Gasteiger partial charge in [0.05, 0.1) is 6.61 Å². The zero-order chi connectivity index (χ0) is 19.6. The lowest BCUT2D eigenvalue weighted by molar-refractivity contribution is -0.128. The number of nitrogens with zero attached hydrogens (tertiary/aromatic N) is 2. The Bertz CT molecular complexity index is 638. The highest BCUT2D eigenvalue weighted by Gasteiger charge is 2.34. The van der Waals surface area contributed by atoms with Crippen molar-refractivity contribution in [1.29, 1.82) is 0 Å². The molecule has 1 aliphatic carbocycles. The molecule has 5 nitrogen and oxygen atoms in total. The van der Waals surface area contributed by atoms with Crippen molar-refractivity contribution in [2.24, 2.45) is 0 Å². The molecule has 0 spiro atoms. The van der Waals surface area contributed by atoms with E-state index >= 15 is 0 Å². The number of amides is 1. The van der Waals surface area contributed by atoms with E-state index in [1.54, 1.807) is 6.20 Å². The van der Waals surface area contributed by atoms with Gasteiger partial charge in [0.15, 0.2) is 0 Å². The molecule has 27 heavy (non-hydrogen) atoms. The Morgan fingerprint density at radius 2 is 2.15 bits per heavy atom. The third-order valence-corrected chi connectivity index (χ3v) is 4.96. The van der Waals surface area contributed by atoms with Crippen molar-refractivity contribution in [1.82, 2.24) is 9.88 Å². The summed E-state index contributed by atoms with van der Waals surface area (Å²) >= 11 is 0.